The van der Waals surface area contributed by atoms with Gasteiger partial charge in [0.1, 0.15) is 6.54 Å². The maximum absolute atomic E-state index is 12.7. The number of carbonyl (C=O) groups excluding carboxylic acids is 1. The lowest BCUT2D eigenvalue weighted by Crippen LogP contribution is -2.36. The van der Waals surface area contributed by atoms with Crippen LogP contribution in [0.4, 0.5) is 0 Å². The first kappa shape index (κ1) is 16.0. The predicted molar refractivity (Wildman–Crippen MR) is 91.6 cm³/mol. The summed E-state index contributed by atoms with van der Waals surface area (Å²) >= 11 is 0. The first-order valence-corrected chi connectivity index (χ1v) is 8.05. The normalized spacial score (nSPS) is 10.9. The van der Waals surface area contributed by atoms with Gasteiger partial charge in [0, 0.05) is 19.3 Å². The van der Waals surface area contributed by atoms with Gasteiger partial charge in [0.15, 0.2) is 5.65 Å². The Morgan fingerprint density at radius 1 is 1.12 bits per heavy atom. The van der Waals surface area contributed by atoms with Gasteiger partial charge in [-0.15, -0.1) is 5.10 Å². The molecule has 0 atom stereocenters. The number of hydrogen-bond acceptors (Lipinski definition) is 3. The van der Waals surface area contributed by atoms with Crippen molar-refractivity contribution in [3.8, 4) is 0 Å². The number of rotatable bonds is 6. The van der Waals surface area contributed by atoms with Crippen molar-refractivity contribution in [2.24, 2.45) is 0 Å². The molecule has 2 aromatic heterocycles. The highest BCUT2D eigenvalue weighted by Crippen LogP contribution is 2.06. The van der Waals surface area contributed by atoms with Crippen LogP contribution in [0, 0.1) is 0 Å². The van der Waals surface area contributed by atoms with Crippen LogP contribution >= 0.6 is 0 Å². The fraction of sp³-hybridized carbons (Fsp3) is 0.278. The van der Waals surface area contributed by atoms with Crippen molar-refractivity contribution in [3.05, 3.63) is 70.8 Å². The van der Waals surface area contributed by atoms with Crippen molar-refractivity contribution in [3.63, 3.8) is 0 Å². The van der Waals surface area contributed by atoms with Crippen LogP contribution in [-0.2, 0) is 17.9 Å². The summed E-state index contributed by atoms with van der Waals surface area (Å²) in [6.45, 7) is 3.17. The number of benzene rings is 1. The van der Waals surface area contributed by atoms with Crippen LogP contribution in [0.2, 0.25) is 0 Å². The molecule has 1 aromatic carbocycles. The molecule has 0 unspecified atom stereocenters. The molecule has 3 rings (SSSR count). The zero-order valence-corrected chi connectivity index (χ0v) is 13.6. The van der Waals surface area contributed by atoms with Crippen LogP contribution in [0.5, 0.6) is 0 Å². The minimum Gasteiger partial charge on any atom is -0.337 e. The van der Waals surface area contributed by atoms with Crippen molar-refractivity contribution in [2.75, 3.05) is 6.54 Å². The van der Waals surface area contributed by atoms with Gasteiger partial charge in [0.2, 0.25) is 5.91 Å². The number of amides is 1. The van der Waals surface area contributed by atoms with Crippen LogP contribution < -0.4 is 5.69 Å². The van der Waals surface area contributed by atoms with E-state index in [1.807, 2.05) is 43.3 Å². The summed E-state index contributed by atoms with van der Waals surface area (Å²) < 4.78 is 2.67. The van der Waals surface area contributed by atoms with Crippen LogP contribution in [0.3, 0.4) is 0 Å². The molecule has 0 saturated carbocycles. The van der Waals surface area contributed by atoms with E-state index >= 15 is 0 Å². The zero-order valence-electron chi connectivity index (χ0n) is 13.6. The molecule has 24 heavy (non-hydrogen) atoms. The third-order valence-corrected chi connectivity index (χ3v) is 3.84. The Bertz CT molecular complexity index is 883. The fourth-order valence-corrected chi connectivity index (χ4v) is 2.66. The third-order valence-electron chi connectivity index (χ3n) is 3.84. The molecule has 0 aliphatic rings. The van der Waals surface area contributed by atoms with Crippen molar-refractivity contribution in [1.82, 2.24) is 19.1 Å². The molecule has 0 bridgehead atoms. The summed E-state index contributed by atoms with van der Waals surface area (Å²) in [4.78, 5) is 26.7. The van der Waals surface area contributed by atoms with Gasteiger partial charge in [-0.1, -0.05) is 43.3 Å². The van der Waals surface area contributed by atoms with E-state index in [1.165, 1.54) is 9.08 Å². The first-order chi connectivity index (χ1) is 11.7. The molecule has 0 spiro atoms. The van der Waals surface area contributed by atoms with Crippen molar-refractivity contribution >= 4 is 11.6 Å². The van der Waals surface area contributed by atoms with Gasteiger partial charge < -0.3 is 4.90 Å². The minimum absolute atomic E-state index is 0.0483. The van der Waals surface area contributed by atoms with Crippen molar-refractivity contribution in [1.29, 1.82) is 0 Å². The van der Waals surface area contributed by atoms with Crippen molar-refractivity contribution in [2.45, 2.75) is 26.4 Å². The third kappa shape index (κ3) is 3.37. The number of aromatic nitrogens is 3. The Kier molecular flexibility index (Phi) is 4.74. The molecule has 1 amide bonds. The Labute approximate surface area is 139 Å². The highest BCUT2D eigenvalue weighted by Gasteiger charge is 2.16. The molecule has 0 radical (unpaired) electrons. The standard InChI is InChI=1S/C18H20N4O2/c1-2-11-20(13-15-8-4-3-5-9-15)17(23)14-22-18(24)21-12-7-6-10-16(21)19-22/h3-10,12H,2,11,13-14H2,1H3. The molecule has 0 aliphatic heterocycles. The number of carbonyl (C=O) groups is 1. The van der Waals surface area contributed by atoms with Crippen LogP contribution in [0.15, 0.2) is 59.5 Å². The lowest BCUT2D eigenvalue weighted by atomic mass is 10.2. The molecular weight excluding hydrogens is 304 g/mol. The van der Waals surface area contributed by atoms with E-state index in [0.29, 0.717) is 18.7 Å². The molecule has 6 nitrogen and oxygen atoms in total. The Balaban J connectivity index is 1.79. The quantitative estimate of drug-likeness (QED) is 0.696. The number of hydrogen-bond donors (Lipinski definition) is 0. The van der Waals surface area contributed by atoms with Gasteiger partial charge in [-0.25, -0.2) is 9.48 Å². The van der Waals surface area contributed by atoms with Gasteiger partial charge in [-0.3, -0.25) is 9.20 Å². The highest BCUT2D eigenvalue weighted by molar-refractivity contribution is 5.76. The monoisotopic (exact) mass is 324 g/mol. The minimum atomic E-state index is -0.296. The maximum atomic E-state index is 12.7. The number of fused-ring (bicyclic) bond motifs is 1. The van der Waals surface area contributed by atoms with E-state index in [0.717, 1.165) is 12.0 Å². The predicted octanol–water partition coefficient (Wildman–Crippen LogP) is 1.93. The van der Waals surface area contributed by atoms with E-state index in [2.05, 4.69) is 5.10 Å². The SMILES string of the molecule is CCCN(Cc1ccccc1)C(=O)Cn1nc2ccccn2c1=O. The molecule has 3 aromatic rings. The van der Waals surface area contributed by atoms with Gasteiger partial charge in [-0.05, 0) is 24.1 Å². The Hall–Kier alpha value is -2.89. The van der Waals surface area contributed by atoms with Gasteiger partial charge in [0.05, 0.1) is 0 Å². The molecule has 6 heteroatoms. The highest BCUT2D eigenvalue weighted by atomic mass is 16.2. The Morgan fingerprint density at radius 2 is 1.88 bits per heavy atom. The van der Waals surface area contributed by atoms with E-state index in [4.69, 9.17) is 0 Å². The summed E-state index contributed by atoms with van der Waals surface area (Å²) in [5.74, 6) is -0.105. The van der Waals surface area contributed by atoms with Crippen LogP contribution in [0.1, 0.15) is 18.9 Å². The zero-order chi connectivity index (χ0) is 16.9. The summed E-state index contributed by atoms with van der Waals surface area (Å²) in [6, 6.07) is 15.2. The van der Waals surface area contributed by atoms with Gasteiger partial charge in [-0.2, -0.15) is 0 Å². The molecule has 0 saturated heterocycles. The topological polar surface area (TPSA) is 59.6 Å². The molecule has 2 heterocycles. The Morgan fingerprint density at radius 3 is 2.58 bits per heavy atom. The first-order valence-electron chi connectivity index (χ1n) is 8.05. The van der Waals surface area contributed by atoms with Gasteiger partial charge in [0.25, 0.3) is 0 Å². The summed E-state index contributed by atoms with van der Waals surface area (Å²) in [7, 11) is 0. The smallest absolute Gasteiger partial charge is 0.337 e. The molecule has 0 fully saturated rings. The van der Waals surface area contributed by atoms with Crippen LogP contribution in [-0.4, -0.2) is 31.5 Å². The average Bonchev–Trinajstić information content (AvgIpc) is 2.92. The van der Waals surface area contributed by atoms with E-state index in [1.54, 1.807) is 23.2 Å². The van der Waals surface area contributed by atoms with E-state index < -0.39 is 0 Å². The summed E-state index contributed by atoms with van der Waals surface area (Å²) in [5.41, 5.74) is 1.32. The van der Waals surface area contributed by atoms with E-state index in [-0.39, 0.29) is 18.1 Å². The second-order valence-corrected chi connectivity index (χ2v) is 5.67. The second-order valence-electron chi connectivity index (χ2n) is 5.67. The number of nitrogens with zero attached hydrogens (tertiary/aromatic N) is 4. The lowest BCUT2D eigenvalue weighted by molar-refractivity contribution is -0.132. The lowest BCUT2D eigenvalue weighted by Gasteiger charge is -2.22. The molecule has 0 N–H and O–H groups in total. The summed E-state index contributed by atoms with van der Waals surface area (Å²) in [5, 5.41) is 4.22. The molecular formula is C18H20N4O2. The second kappa shape index (κ2) is 7.12. The number of pyridine rings is 1. The van der Waals surface area contributed by atoms with Crippen molar-refractivity contribution < 1.29 is 4.79 Å². The van der Waals surface area contributed by atoms with Crippen LogP contribution in [0.25, 0.3) is 5.65 Å². The van der Waals surface area contributed by atoms with Gasteiger partial charge >= 0.3 is 5.69 Å². The molecule has 124 valence electrons. The largest absolute Gasteiger partial charge is 0.350 e. The van der Waals surface area contributed by atoms with E-state index in [9.17, 15) is 9.59 Å². The fourth-order valence-electron chi connectivity index (χ4n) is 2.66. The maximum Gasteiger partial charge on any atom is 0.350 e. The summed E-state index contributed by atoms with van der Waals surface area (Å²) in [6.07, 6.45) is 2.51. The average molecular weight is 324 g/mol. The molecule has 0 aliphatic carbocycles.